The molecular weight excluding hydrogens is 373 g/mol. The Kier molecular flexibility index (Phi) is 12.7. The topological polar surface area (TPSA) is 53.6 Å². The molecule has 0 spiro atoms. The number of hydrogen-bond acceptors (Lipinski definition) is 4. The largest absolute Gasteiger partial charge is 0.492 e. The highest BCUT2D eigenvalue weighted by atomic mass is 35.5. The number of carbonyl (C=O) groups is 1. The number of rotatable bonds is 10. The summed E-state index contributed by atoms with van der Waals surface area (Å²) in [5.41, 5.74) is 1.03. The first-order chi connectivity index (χ1) is 11.7. The maximum atomic E-state index is 12.3. The SMILES string of the molecule is CCN(CC)CCOc1ccccc1CNC(=O)C(C)C1CNC1.Cl.Cl. The second kappa shape index (κ2) is 13.2. The molecule has 5 nitrogen and oxygen atoms in total. The van der Waals surface area contributed by atoms with Crippen LogP contribution in [0.5, 0.6) is 5.75 Å². The summed E-state index contributed by atoms with van der Waals surface area (Å²) in [4.78, 5) is 14.6. The standard InChI is InChI=1S/C19H31N3O2.2ClH/c1-4-22(5-2)10-11-24-18-9-7-6-8-16(18)14-21-19(23)15(3)17-12-20-13-17;;/h6-9,15,17,20H,4-5,10-14H2,1-3H3,(H,21,23);2*1H. The molecule has 0 saturated carbocycles. The number of para-hydroxylation sites is 1. The van der Waals surface area contributed by atoms with Gasteiger partial charge in [-0.3, -0.25) is 4.79 Å². The van der Waals surface area contributed by atoms with Crippen molar-refractivity contribution in [3.05, 3.63) is 29.8 Å². The summed E-state index contributed by atoms with van der Waals surface area (Å²) in [5.74, 6) is 1.51. The van der Waals surface area contributed by atoms with Gasteiger partial charge in [0, 0.05) is 24.6 Å². The van der Waals surface area contributed by atoms with Gasteiger partial charge in [0.2, 0.25) is 5.91 Å². The average Bonchev–Trinajstić information content (AvgIpc) is 2.56. The highest BCUT2D eigenvalue weighted by molar-refractivity contribution is 5.85. The van der Waals surface area contributed by atoms with Gasteiger partial charge in [0.25, 0.3) is 0 Å². The molecule has 2 N–H and O–H groups in total. The van der Waals surface area contributed by atoms with E-state index in [4.69, 9.17) is 4.74 Å². The lowest BCUT2D eigenvalue weighted by Crippen LogP contribution is -2.49. The van der Waals surface area contributed by atoms with Crippen LogP contribution in [0.1, 0.15) is 26.3 Å². The minimum Gasteiger partial charge on any atom is -0.492 e. The third-order valence-corrected chi connectivity index (χ3v) is 4.92. The van der Waals surface area contributed by atoms with Gasteiger partial charge in [-0.25, -0.2) is 0 Å². The zero-order valence-corrected chi connectivity index (χ0v) is 17.6. The smallest absolute Gasteiger partial charge is 0.223 e. The molecule has 1 saturated heterocycles. The van der Waals surface area contributed by atoms with Crippen molar-refractivity contribution < 1.29 is 9.53 Å². The molecule has 1 aliphatic rings. The van der Waals surface area contributed by atoms with Gasteiger partial charge >= 0.3 is 0 Å². The van der Waals surface area contributed by atoms with E-state index in [1.807, 2.05) is 31.2 Å². The van der Waals surface area contributed by atoms with Crippen LogP contribution in [0.4, 0.5) is 0 Å². The Morgan fingerprint density at radius 1 is 1.27 bits per heavy atom. The first-order valence-electron chi connectivity index (χ1n) is 9.07. The molecule has 26 heavy (non-hydrogen) atoms. The summed E-state index contributed by atoms with van der Waals surface area (Å²) in [5, 5.41) is 6.27. The van der Waals surface area contributed by atoms with E-state index in [2.05, 4.69) is 29.4 Å². The Labute approximate surface area is 170 Å². The Morgan fingerprint density at radius 3 is 2.50 bits per heavy atom. The Morgan fingerprint density at radius 2 is 1.92 bits per heavy atom. The fourth-order valence-electron chi connectivity index (χ4n) is 2.84. The summed E-state index contributed by atoms with van der Waals surface area (Å²) in [6, 6.07) is 7.95. The number of hydrogen-bond donors (Lipinski definition) is 2. The fraction of sp³-hybridized carbons (Fsp3) is 0.632. The van der Waals surface area contributed by atoms with Crippen molar-refractivity contribution in [1.29, 1.82) is 0 Å². The fourth-order valence-corrected chi connectivity index (χ4v) is 2.84. The molecule has 1 atom stereocenters. The molecule has 1 fully saturated rings. The van der Waals surface area contributed by atoms with Gasteiger partial charge < -0.3 is 20.3 Å². The van der Waals surface area contributed by atoms with E-state index in [9.17, 15) is 4.79 Å². The molecule has 0 bridgehead atoms. The predicted molar refractivity (Wildman–Crippen MR) is 112 cm³/mol. The lowest BCUT2D eigenvalue weighted by molar-refractivity contribution is -0.126. The maximum Gasteiger partial charge on any atom is 0.223 e. The van der Waals surface area contributed by atoms with Crippen molar-refractivity contribution >= 4 is 30.7 Å². The number of nitrogens with zero attached hydrogens (tertiary/aromatic N) is 1. The lowest BCUT2D eigenvalue weighted by atomic mass is 9.88. The molecule has 0 aliphatic carbocycles. The number of benzene rings is 1. The van der Waals surface area contributed by atoms with Crippen molar-refractivity contribution in [2.45, 2.75) is 27.3 Å². The maximum absolute atomic E-state index is 12.3. The van der Waals surface area contributed by atoms with Crippen LogP contribution < -0.4 is 15.4 Å². The van der Waals surface area contributed by atoms with Crippen LogP contribution in [-0.4, -0.2) is 50.1 Å². The Balaban J connectivity index is 0.00000312. The van der Waals surface area contributed by atoms with Crippen LogP contribution >= 0.6 is 24.8 Å². The molecular formula is C19H33Cl2N3O2. The molecule has 2 rings (SSSR count). The van der Waals surface area contributed by atoms with Crippen LogP contribution in [0.25, 0.3) is 0 Å². The van der Waals surface area contributed by atoms with Gasteiger partial charge in [0.15, 0.2) is 0 Å². The highest BCUT2D eigenvalue weighted by Crippen LogP contribution is 2.19. The van der Waals surface area contributed by atoms with Crippen LogP contribution in [-0.2, 0) is 11.3 Å². The normalized spacial score (nSPS) is 14.6. The minimum atomic E-state index is 0. The van der Waals surface area contributed by atoms with Gasteiger partial charge in [-0.05, 0) is 38.2 Å². The third-order valence-electron chi connectivity index (χ3n) is 4.92. The predicted octanol–water partition coefficient (Wildman–Crippen LogP) is 2.72. The molecule has 1 aromatic rings. The number of amides is 1. The van der Waals surface area contributed by atoms with E-state index < -0.39 is 0 Å². The van der Waals surface area contributed by atoms with E-state index in [1.54, 1.807) is 0 Å². The van der Waals surface area contributed by atoms with E-state index in [0.29, 0.717) is 19.1 Å². The molecule has 7 heteroatoms. The second-order valence-corrected chi connectivity index (χ2v) is 6.41. The zero-order valence-electron chi connectivity index (χ0n) is 16.0. The molecule has 0 aromatic heterocycles. The Bertz CT molecular complexity index is 523. The molecule has 1 aromatic carbocycles. The van der Waals surface area contributed by atoms with Gasteiger partial charge in [0.1, 0.15) is 12.4 Å². The average molecular weight is 406 g/mol. The quantitative estimate of drug-likeness (QED) is 0.628. The zero-order chi connectivity index (χ0) is 17.4. The van der Waals surface area contributed by atoms with Crippen molar-refractivity contribution in [2.75, 3.05) is 39.3 Å². The molecule has 1 aliphatic heterocycles. The third kappa shape index (κ3) is 7.31. The minimum absolute atomic E-state index is 0. The van der Waals surface area contributed by atoms with E-state index in [-0.39, 0.29) is 36.6 Å². The van der Waals surface area contributed by atoms with Gasteiger partial charge in [-0.2, -0.15) is 0 Å². The molecule has 1 heterocycles. The molecule has 1 amide bonds. The summed E-state index contributed by atoms with van der Waals surface area (Å²) in [6.45, 7) is 12.4. The van der Waals surface area contributed by atoms with Crippen molar-refractivity contribution in [3.8, 4) is 5.75 Å². The number of nitrogens with one attached hydrogen (secondary N) is 2. The van der Waals surface area contributed by atoms with Crippen LogP contribution in [0.3, 0.4) is 0 Å². The monoisotopic (exact) mass is 405 g/mol. The van der Waals surface area contributed by atoms with Crippen LogP contribution in [0.15, 0.2) is 24.3 Å². The Hall–Kier alpha value is -1.01. The number of likely N-dealkylation sites (N-methyl/N-ethyl adjacent to an activating group) is 1. The van der Waals surface area contributed by atoms with Crippen molar-refractivity contribution in [3.63, 3.8) is 0 Å². The second-order valence-electron chi connectivity index (χ2n) is 6.41. The van der Waals surface area contributed by atoms with E-state index in [1.165, 1.54) is 0 Å². The van der Waals surface area contributed by atoms with Crippen LogP contribution in [0, 0.1) is 11.8 Å². The summed E-state index contributed by atoms with van der Waals surface area (Å²) >= 11 is 0. The van der Waals surface area contributed by atoms with Gasteiger partial charge in [-0.1, -0.05) is 39.0 Å². The first kappa shape index (κ1) is 25.0. The summed E-state index contributed by atoms with van der Waals surface area (Å²) < 4.78 is 5.94. The van der Waals surface area contributed by atoms with Crippen molar-refractivity contribution in [1.82, 2.24) is 15.5 Å². The molecule has 150 valence electrons. The lowest BCUT2D eigenvalue weighted by Gasteiger charge is -2.31. The summed E-state index contributed by atoms with van der Waals surface area (Å²) in [6.07, 6.45) is 0. The number of ether oxygens (including phenoxy) is 1. The van der Waals surface area contributed by atoms with Gasteiger partial charge in [0.05, 0.1) is 0 Å². The molecule has 1 unspecified atom stereocenters. The molecule has 0 radical (unpaired) electrons. The number of carbonyl (C=O) groups excluding carboxylic acids is 1. The first-order valence-corrected chi connectivity index (χ1v) is 9.07. The van der Waals surface area contributed by atoms with Crippen molar-refractivity contribution in [2.24, 2.45) is 11.8 Å². The van der Waals surface area contributed by atoms with E-state index in [0.717, 1.165) is 44.0 Å². The van der Waals surface area contributed by atoms with Gasteiger partial charge in [-0.15, -0.1) is 24.8 Å². The van der Waals surface area contributed by atoms with E-state index >= 15 is 0 Å². The summed E-state index contributed by atoms with van der Waals surface area (Å²) in [7, 11) is 0. The van der Waals surface area contributed by atoms with Crippen LogP contribution in [0.2, 0.25) is 0 Å². The highest BCUT2D eigenvalue weighted by Gasteiger charge is 2.28. The number of halogens is 2.